The molecule has 4 heteroatoms. The number of nitrogens with two attached hydrogens (primary N) is 1. The number of rotatable bonds is 3. The van der Waals surface area contributed by atoms with Gasteiger partial charge in [-0.15, -0.1) is 0 Å². The Morgan fingerprint density at radius 1 is 1.64 bits per heavy atom. The van der Waals surface area contributed by atoms with Crippen LogP contribution in [0.3, 0.4) is 0 Å². The second-order valence-corrected chi connectivity index (χ2v) is 3.46. The van der Waals surface area contributed by atoms with Crippen LogP contribution in [0.25, 0.3) is 0 Å². The largest absolute Gasteiger partial charge is 0.469 e. The highest BCUT2D eigenvalue weighted by atomic mass is 16.6. The number of hydrogen-bond donors (Lipinski definition) is 1. The molecule has 1 aromatic rings. The molecule has 0 spiro atoms. The lowest BCUT2D eigenvalue weighted by Gasteiger charge is -2.27. The van der Waals surface area contributed by atoms with Gasteiger partial charge in [0, 0.05) is 17.8 Å². The molecule has 14 heavy (non-hydrogen) atoms. The zero-order chi connectivity index (χ0) is 9.97. The van der Waals surface area contributed by atoms with Gasteiger partial charge >= 0.3 is 0 Å². The molecule has 1 atom stereocenters. The van der Waals surface area contributed by atoms with E-state index in [4.69, 9.17) is 15.2 Å². The molecule has 0 aromatic carbocycles. The number of aromatic nitrogens is 1. The monoisotopic (exact) mass is 194 g/mol. The first-order chi connectivity index (χ1) is 6.77. The van der Waals surface area contributed by atoms with Crippen molar-refractivity contribution in [2.24, 2.45) is 5.73 Å². The molecule has 4 nitrogen and oxygen atoms in total. The van der Waals surface area contributed by atoms with Crippen molar-refractivity contribution < 1.29 is 9.47 Å². The number of ether oxygens (including phenoxy) is 2. The quantitative estimate of drug-likeness (QED) is 0.776. The summed E-state index contributed by atoms with van der Waals surface area (Å²) in [5.74, 6) is 0.635. The van der Waals surface area contributed by atoms with Crippen LogP contribution < -0.4 is 10.5 Å². The van der Waals surface area contributed by atoms with Crippen LogP contribution in [0.5, 0.6) is 5.88 Å². The lowest BCUT2D eigenvalue weighted by Crippen LogP contribution is -2.39. The molecule has 2 N–H and O–H groups in total. The van der Waals surface area contributed by atoms with E-state index in [0.29, 0.717) is 19.1 Å². The minimum absolute atomic E-state index is 0.0558. The summed E-state index contributed by atoms with van der Waals surface area (Å²) in [6.45, 7) is 3.21. The Labute approximate surface area is 83.0 Å². The van der Waals surface area contributed by atoms with Crippen molar-refractivity contribution in [3.05, 3.63) is 23.9 Å². The highest BCUT2D eigenvalue weighted by Gasteiger charge is 2.22. The lowest BCUT2D eigenvalue weighted by molar-refractivity contribution is -0.0817. The van der Waals surface area contributed by atoms with E-state index in [1.54, 1.807) is 6.20 Å². The molecule has 0 aliphatic carbocycles. The van der Waals surface area contributed by atoms with Gasteiger partial charge < -0.3 is 15.2 Å². The highest BCUT2D eigenvalue weighted by molar-refractivity contribution is 5.28. The van der Waals surface area contributed by atoms with Gasteiger partial charge in [0.2, 0.25) is 5.88 Å². The van der Waals surface area contributed by atoms with E-state index in [9.17, 15) is 0 Å². The fourth-order valence-corrected chi connectivity index (χ4v) is 1.29. The Morgan fingerprint density at radius 3 is 3.00 bits per heavy atom. The average Bonchev–Trinajstić information content (AvgIpc) is 2.12. The molecule has 0 saturated carbocycles. The van der Waals surface area contributed by atoms with Crippen molar-refractivity contribution in [1.29, 1.82) is 0 Å². The minimum atomic E-state index is -0.0558. The maximum absolute atomic E-state index is 5.80. The summed E-state index contributed by atoms with van der Waals surface area (Å²) in [7, 11) is 0. The van der Waals surface area contributed by atoms with Crippen LogP contribution in [0.15, 0.2) is 18.3 Å². The summed E-state index contributed by atoms with van der Waals surface area (Å²) >= 11 is 0. The second kappa shape index (κ2) is 3.94. The number of nitrogens with zero attached hydrogens (tertiary/aromatic N) is 1. The summed E-state index contributed by atoms with van der Waals surface area (Å²) in [4.78, 5) is 4.16. The molecule has 2 rings (SSSR count). The third-order valence-corrected chi connectivity index (χ3v) is 2.18. The van der Waals surface area contributed by atoms with Crippen molar-refractivity contribution in [1.82, 2.24) is 4.98 Å². The van der Waals surface area contributed by atoms with Crippen LogP contribution in [0.1, 0.15) is 18.5 Å². The van der Waals surface area contributed by atoms with Gasteiger partial charge in [0.25, 0.3) is 0 Å². The maximum Gasteiger partial charge on any atom is 0.218 e. The second-order valence-electron chi connectivity index (χ2n) is 3.46. The zero-order valence-corrected chi connectivity index (χ0v) is 8.14. The van der Waals surface area contributed by atoms with Gasteiger partial charge in [0.1, 0.15) is 6.10 Å². The molecule has 1 fully saturated rings. The van der Waals surface area contributed by atoms with E-state index < -0.39 is 0 Å². The molecule has 2 heterocycles. The summed E-state index contributed by atoms with van der Waals surface area (Å²) < 4.78 is 10.7. The first-order valence-corrected chi connectivity index (χ1v) is 4.72. The van der Waals surface area contributed by atoms with Crippen LogP contribution in [-0.4, -0.2) is 24.3 Å². The third-order valence-electron chi connectivity index (χ3n) is 2.18. The van der Waals surface area contributed by atoms with Gasteiger partial charge in [-0.3, -0.25) is 0 Å². The molecule has 0 bridgehead atoms. The molecule has 76 valence electrons. The highest BCUT2D eigenvalue weighted by Crippen LogP contribution is 2.22. The van der Waals surface area contributed by atoms with Gasteiger partial charge in [-0.2, -0.15) is 0 Å². The van der Waals surface area contributed by atoms with Gasteiger partial charge in [0.05, 0.1) is 13.2 Å². The zero-order valence-electron chi connectivity index (χ0n) is 8.14. The van der Waals surface area contributed by atoms with Gasteiger partial charge in [-0.25, -0.2) is 4.98 Å². The Balaban J connectivity index is 2.13. The van der Waals surface area contributed by atoms with E-state index in [0.717, 1.165) is 5.56 Å². The summed E-state index contributed by atoms with van der Waals surface area (Å²) in [5, 5.41) is 0. The van der Waals surface area contributed by atoms with Crippen LogP contribution in [0.2, 0.25) is 0 Å². The molecule has 1 aromatic heterocycles. The van der Waals surface area contributed by atoms with Crippen molar-refractivity contribution in [2.75, 3.05) is 13.2 Å². The van der Waals surface area contributed by atoms with E-state index in [-0.39, 0.29) is 12.1 Å². The van der Waals surface area contributed by atoms with Crippen molar-refractivity contribution in [2.45, 2.75) is 19.1 Å². The van der Waals surface area contributed by atoms with E-state index >= 15 is 0 Å². The summed E-state index contributed by atoms with van der Waals surface area (Å²) in [5.41, 5.74) is 6.74. The maximum atomic E-state index is 5.80. The molecule has 0 radical (unpaired) electrons. The predicted molar refractivity (Wildman–Crippen MR) is 52.1 cm³/mol. The third kappa shape index (κ3) is 1.86. The van der Waals surface area contributed by atoms with Crippen molar-refractivity contribution >= 4 is 0 Å². The molecule has 1 aliphatic rings. The minimum Gasteiger partial charge on any atom is -0.469 e. The normalized spacial score (nSPS) is 18.7. The Kier molecular flexibility index (Phi) is 2.65. The van der Waals surface area contributed by atoms with Crippen molar-refractivity contribution in [3.63, 3.8) is 0 Å². The van der Waals surface area contributed by atoms with Crippen molar-refractivity contribution in [3.8, 4) is 5.88 Å². The molecule has 0 amide bonds. The standard InChI is InChI=1S/C10H14N2O2/c1-7(11)9-3-2-4-12-10(9)14-8-5-13-6-8/h2-4,7-8H,5-6,11H2,1H3/t7-/m1/s1. The summed E-state index contributed by atoms with van der Waals surface area (Å²) in [6, 6.07) is 3.75. The van der Waals surface area contributed by atoms with Crippen LogP contribution in [-0.2, 0) is 4.74 Å². The van der Waals surface area contributed by atoms with E-state index in [1.807, 2.05) is 19.1 Å². The molecule has 1 saturated heterocycles. The fraction of sp³-hybridized carbons (Fsp3) is 0.500. The van der Waals surface area contributed by atoms with Gasteiger partial charge in [0.15, 0.2) is 0 Å². The number of pyridine rings is 1. The van der Waals surface area contributed by atoms with E-state index in [2.05, 4.69) is 4.98 Å². The first kappa shape index (κ1) is 9.43. The van der Waals surface area contributed by atoms with E-state index in [1.165, 1.54) is 0 Å². The topological polar surface area (TPSA) is 57.4 Å². The molecule has 1 aliphatic heterocycles. The fourth-order valence-electron chi connectivity index (χ4n) is 1.29. The lowest BCUT2D eigenvalue weighted by atomic mass is 10.1. The smallest absolute Gasteiger partial charge is 0.218 e. The van der Waals surface area contributed by atoms with Gasteiger partial charge in [-0.05, 0) is 13.0 Å². The number of hydrogen-bond acceptors (Lipinski definition) is 4. The average molecular weight is 194 g/mol. The summed E-state index contributed by atoms with van der Waals surface area (Å²) in [6.07, 6.45) is 1.85. The Morgan fingerprint density at radius 2 is 2.43 bits per heavy atom. The van der Waals surface area contributed by atoms with Crippen LogP contribution in [0, 0.1) is 0 Å². The van der Waals surface area contributed by atoms with Crippen LogP contribution in [0.4, 0.5) is 0 Å². The Bertz CT molecular complexity index is 311. The SMILES string of the molecule is C[C@@H](N)c1cccnc1OC1COC1. The molecule has 0 unspecified atom stereocenters. The van der Waals surface area contributed by atoms with Gasteiger partial charge in [-0.1, -0.05) is 6.07 Å². The predicted octanol–water partition coefficient (Wildman–Crippen LogP) is 0.879. The van der Waals surface area contributed by atoms with Crippen LogP contribution >= 0.6 is 0 Å². The first-order valence-electron chi connectivity index (χ1n) is 4.72. The Hall–Kier alpha value is -1.13. The molecular formula is C10H14N2O2. The molecular weight excluding hydrogens is 180 g/mol.